The minimum Gasteiger partial charge on any atom is -0.507 e. The van der Waals surface area contributed by atoms with Gasteiger partial charge in [-0.2, -0.15) is 0 Å². The third-order valence-electron chi connectivity index (χ3n) is 5.17. The van der Waals surface area contributed by atoms with E-state index >= 15 is 0 Å². The molecule has 6 nitrogen and oxygen atoms in total. The molecule has 1 saturated heterocycles. The number of rotatable bonds is 7. The van der Waals surface area contributed by atoms with Crippen molar-refractivity contribution in [3.63, 3.8) is 0 Å². The number of amides is 1. The number of hydrogen-bond donors (Lipinski definition) is 1. The molecule has 1 fully saturated rings. The molecule has 3 rings (SSSR count). The number of ether oxygens (including phenoxy) is 2. The fraction of sp³-hybridized carbons (Fsp3) is 0.333. The average Bonchev–Trinajstić information content (AvgIpc) is 2.98. The minimum atomic E-state index is -0.712. The van der Waals surface area contributed by atoms with Crippen LogP contribution in [0.5, 0.6) is 5.75 Å². The van der Waals surface area contributed by atoms with Crippen molar-refractivity contribution in [2.75, 3.05) is 20.3 Å². The van der Waals surface area contributed by atoms with Gasteiger partial charge >= 0.3 is 0 Å². The lowest BCUT2D eigenvalue weighted by Crippen LogP contribution is -2.33. The van der Waals surface area contributed by atoms with Crippen molar-refractivity contribution in [1.82, 2.24) is 4.90 Å². The number of nitrogens with zero attached hydrogens (tertiary/aromatic N) is 1. The fourth-order valence-corrected chi connectivity index (χ4v) is 3.70. The molecule has 2 aromatic rings. The molecule has 1 aliphatic heterocycles. The van der Waals surface area contributed by atoms with E-state index in [9.17, 15) is 14.7 Å². The van der Waals surface area contributed by atoms with Crippen LogP contribution in [0.3, 0.4) is 0 Å². The lowest BCUT2D eigenvalue weighted by atomic mass is 9.92. The smallest absolute Gasteiger partial charge is 0.295 e. The van der Waals surface area contributed by atoms with Crippen LogP contribution >= 0.6 is 0 Å². The van der Waals surface area contributed by atoms with Crippen molar-refractivity contribution in [2.24, 2.45) is 0 Å². The second-order valence-electron chi connectivity index (χ2n) is 7.47. The monoisotopic (exact) mass is 409 g/mol. The molecule has 2 aromatic carbocycles. The standard InChI is InChI=1S/C24H27NO5/c1-15(2)30-14-13-25-21(17-10-6-5-9-16(17)3)20(23(27)24(25)28)22(26)18-11-7-8-12-19(18)29-4/h5-12,15,21,26H,13-14H2,1-4H3/b22-20+. The highest BCUT2D eigenvalue weighted by Crippen LogP contribution is 2.41. The molecule has 0 aliphatic carbocycles. The van der Waals surface area contributed by atoms with Crippen molar-refractivity contribution in [2.45, 2.75) is 32.9 Å². The molecule has 6 heteroatoms. The Labute approximate surface area is 176 Å². The van der Waals surface area contributed by atoms with Crippen LogP contribution < -0.4 is 4.74 Å². The normalized spacial score (nSPS) is 18.3. The second kappa shape index (κ2) is 9.13. The highest BCUT2D eigenvalue weighted by molar-refractivity contribution is 6.46. The highest BCUT2D eigenvalue weighted by atomic mass is 16.5. The van der Waals surface area contributed by atoms with E-state index in [1.54, 1.807) is 24.3 Å². The summed E-state index contributed by atoms with van der Waals surface area (Å²) in [5, 5.41) is 11.1. The summed E-state index contributed by atoms with van der Waals surface area (Å²) >= 11 is 0. The number of hydrogen-bond acceptors (Lipinski definition) is 5. The minimum absolute atomic E-state index is 0.00677. The SMILES string of the molecule is COc1ccccc1/C(O)=C1\C(=O)C(=O)N(CCOC(C)C)C1c1ccccc1C. The van der Waals surface area contributed by atoms with E-state index in [0.29, 0.717) is 17.9 Å². The van der Waals surface area contributed by atoms with Crippen LogP contribution in [0.25, 0.3) is 5.76 Å². The Kier molecular flexibility index (Phi) is 6.57. The topological polar surface area (TPSA) is 76.1 Å². The first-order valence-electron chi connectivity index (χ1n) is 9.95. The van der Waals surface area contributed by atoms with Crippen LogP contribution in [0.4, 0.5) is 0 Å². The number of Topliss-reactive ketones (excluding diaryl/α,β-unsaturated/α-hetero) is 1. The lowest BCUT2D eigenvalue weighted by Gasteiger charge is -2.27. The van der Waals surface area contributed by atoms with Gasteiger partial charge in [0.25, 0.3) is 11.7 Å². The Balaban J connectivity index is 2.15. The van der Waals surface area contributed by atoms with Crippen LogP contribution in [0.2, 0.25) is 0 Å². The lowest BCUT2D eigenvalue weighted by molar-refractivity contribution is -0.140. The Morgan fingerprint density at radius 3 is 2.43 bits per heavy atom. The van der Waals surface area contributed by atoms with Gasteiger partial charge in [-0.3, -0.25) is 9.59 Å². The maximum atomic E-state index is 13.0. The summed E-state index contributed by atoms with van der Waals surface area (Å²) in [6, 6.07) is 13.7. The Hall–Kier alpha value is -3.12. The van der Waals surface area contributed by atoms with Gasteiger partial charge in [0.15, 0.2) is 0 Å². The van der Waals surface area contributed by atoms with E-state index in [4.69, 9.17) is 9.47 Å². The molecule has 158 valence electrons. The number of aliphatic hydroxyl groups excluding tert-OH is 1. The predicted molar refractivity (Wildman–Crippen MR) is 114 cm³/mol. The summed E-state index contributed by atoms with van der Waals surface area (Å²) in [5.41, 5.74) is 2.14. The molecule has 1 heterocycles. The summed E-state index contributed by atoms with van der Waals surface area (Å²) < 4.78 is 11.0. The maximum Gasteiger partial charge on any atom is 0.295 e. The number of carbonyl (C=O) groups is 2. The molecule has 0 bridgehead atoms. The van der Waals surface area contributed by atoms with Crippen molar-refractivity contribution >= 4 is 17.4 Å². The number of aryl methyl sites for hydroxylation is 1. The summed E-state index contributed by atoms with van der Waals surface area (Å²) in [6.07, 6.45) is 0.00677. The predicted octanol–water partition coefficient (Wildman–Crippen LogP) is 3.85. The molecule has 0 spiro atoms. The Bertz CT molecular complexity index is 979. The van der Waals surface area contributed by atoms with Gasteiger partial charge in [-0.1, -0.05) is 36.4 Å². The van der Waals surface area contributed by atoms with Crippen molar-refractivity contribution in [1.29, 1.82) is 0 Å². The third-order valence-corrected chi connectivity index (χ3v) is 5.17. The van der Waals surface area contributed by atoms with Gasteiger partial charge in [0.1, 0.15) is 11.5 Å². The first-order valence-corrected chi connectivity index (χ1v) is 9.95. The molecular weight excluding hydrogens is 382 g/mol. The summed E-state index contributed by atoms with van der Waals surface area (Å²) in [5.74, 6) is -1.18. The van der Waals surface area contributed by atoms with E-state index < -0.39 is 17.7 Å². The van der Waals surface area contributed by atoms with Crippen LogP contribution in [-0.2, 0) is 14.3 Å². The van der Waals surface area contributed by atoms with Crippen LogP contribution in [0.15, 0.2) is 54.1 Å². The van der Waals surface area contributed by atoms with E-state index in [2.05, 4.69) is 0 Å². The van der Waals surface area contributed by atoms with E-state index in [-0.39, 0.29) is 24.0 Å². The fourth-order valence-electron chi connectivity index (χ4n) is 3.70. The average molecular weight is 409 g/mol. The third kappa shape index (κ3) is 4.09. The van der Waals surface area contributed by atoms with Gasteiger partial charge in [-0.25, -0.2) is 0 Å². The molecule has 0 radical (unpaired) electrons. The highest BCUT2D eigenvalue weighted by Gasteiger charge is 2.46. The molecule has 1 unspecified atom stereocenters. The molecule has 0 aromatic heterocycles. The quantitative estimate of drug-likeness (QED) is 0.427. The van der Waals surface area contributed by atoms with Crippen LogP contribution in [0.1, 0.15) is 36.6 Å². The number of para-hydroxylation sites is 1. The van der Waals surface area contributed by atoms with E-state index in [1.807, 2.05) is 45.0 Å². The number of methoxy groups -OCH3 is 1. The largest absolute Gasteiger partial charge is 0.507 e. The first kappa shape index (κ1) is 21.6. The number of ketones is 1. The van der Waals surface area contributed by atoms with Crippen LogP contribution in [0, 0.1) is 6.92 Å². The summed E-state index contributed by atoms with van der Waals surface area (Å²) in [7, 11) is 1.49. The zero-order chi connectivity index (χ0) is 21.8. The molecule has 0 saturated carbocycles. The van der Waals surface area contributed by atoms with Gasteiger partial charge in [0.05, 0.1) is 37.0 Å². The number of carbonyl (C=O) groups excluding carboxylic acids is 2. The van der Waals surface area contributed by atoms with E-state index in [1.165, 1.54) is 12.0 Å². The maximum absolute atomic E-state index is 13.0. The number of likely N-dealkylation sites (tertiary alicyclic amines) is 1. The Morgan fingerprint density at radius 1 is 1.10 bits per heavy atom. The summed E-state index contributed by atoms with van der Waals surface area (Å²) in [6.45, 7) is 6.28. The zero-order valence-corrected chi connectivity index (χ0v) is 17.7. The van der Waals surface area contributed by atoms with Gasteiger partial charge in [-0.05, 0) is 44.0 Å². The molecule has 30 heavy (non-hydrogen) atoms. The number of benzene rings is 2. The van der Waals surface area contributed by atoms with Gasteiger partial charge in [0.2, 0.25) is 0 Å². The Morgan fingerprint density at radius 2 is 1.77 bits per heavy atom. The molecular formula is C24H27NO5. The van der Waals surface area contributed by atoms with E-state index in [0.717, 1.165) is 11.1 Å². The molecule has 1 aliphatic rings. The van der Waals surface area contributed by atoms with Crippen molar-refractivity contribution < 1.29 is 24.2 Å². The molecule has 1 N–H and O–H groups in total. The van der Waals surface area contributed by atoms with Crippen molar-refractivity contribution in [3.8, 4) is 5.75 Å². The molecule has 1 amide bonds. The van der Waals surface area contributed by atoms with Crippen molar-refractivity contribution in [3.05, 3.63) is 70.8 Å². The van der Waals surface area contributed by atoms with Gasteiger partial charge < -0.3 is 19.5 Å². The molecule has 1 atom stereocenters. The zero-order valence-electron chi connectivity index (χ0n) is 17.7. The van der Waals surface area contributed by atoms with Crippen LogP contribution in [-0.4, -0.2) is 48.1 Å². The number of aliphatic hydroxyl groups is 1. The first-order chi connectivity index (χ1) is 14.4. The second-order valence-corrected chi connectivity index (χ2v) is 7.47. The van der Waals surface area contributed by atoms with Gasteiger partial charge in [0, 0.05) is 6.54 Å². The summed E-state index contributed by atoms with van der Waals surface area (Å²) in [4.78, 5) is 27.4. The van der Waals surface area contributed by atoms with Gasteiger partial charge in [-0.15, -0.1) is 0 Å².